The first-order chi connectivity index (χ1) is 16.1. The molecule has 0 saturated carbocycles. The first-order valence-corrected chi connectivity index (χ1v) is 13.0. The van der Waals surface area contributed by atoms with Crippen LogP contribution in [-0.2, 0) is 21.2 Å². The highest BCUT2D eigenvalue weighted by Crippen LogP contribution is 2.27. The molecule has 2 N–H and O–H groups in total. The smallest absolute Gasteiger partial charge is 0.251 e. The van der Waals surface area contributed by atoms with Crippen LogP contribution in [0.4, 0.5) is 0 Å². The minimum atomic E-state index is -3.73. The van der Waals surface area contributed by atoms with Gasteiger partial charge in [0.2, 0.25) is 15.9 Å². The molecule has 0 radical (unpaired) electrons. The number of benzene rings is 2. The zero-order valence-electron chi connectivity index (χ0n) is 19.3. The summed E-state index contributed by atoms with van der Waals surface area (Å²) in [5.41, 5.74) is 1.45. The summed E-state index contributed by atoms with van der Waals surface area (Å²) in [6.45, 7) is 8.35. The number of sulfonamides is 1. The SMILES string of the molecule is C=CC(=O)NC1C(C)CN(S(=O)(=O)c2ccc(C(=O)NCCc3ccc(Cl)cc3)cc2)CC1C. The van der Waals surface area contributed by atoms with E-state index >= 15 is 0 Å². The second kappa shape index (κ2) is 11.2. The van der Waals surface area contributed by atoms with Crippen LogP contribution < -0.4 is 10.6 Å². The third kappa shape index (κ3) is 6.25. The Morgan fingerprint density at radius 3 is 2.21 bits per heavy atom. The number of rotatable bonds is 8. The minimum Gasteiger partial charge on any atom is -0.352 e. The zero-order chi connectivity index (χ0) is 24.9. The van der Waals surface area contributed by atoms with Gasteiger partial charge in [0.15, 0.2) is 0 Å². The largest absolute Gasteiger partial charge is 0.352 e. The summed E-state index contributed by atoms with van der Waals surface area (Å²) in [7, 11) is -3.73. The van der Waals surface area contributed by atoms with E-state index in [0.717, 1.165) is 5.56 Å². The molecule has 2 aromatic carbocycles. The highest BCUT2D eigenvalue weighted by molar-refractivity contribution is 7.89. The first-order valence-electron chi connectivity index (χ1n) is 11.2. The number of nitrogens with zero attached hydrogens (tertiary/aromatic N) is 1. The van der Waals surface area contributed by atoms with Crippen molar-refractivity contribution in [3.05, 3.63) is 77.3 Å². The van der Waals surface area contributed by atoms with Gasteiger partial charge in [-0.3, -0.25) is 9.59 Å². The molecular weight excluding hydrogens is 474 g/mol. The van der Waals surface area contributed by atoms with Crippen molar-refractivity contribution in [2.45, 2.75) is 31.2 Å². The Morgan fingerprint density at radius 1 is 1.06 bits per heavy atom. The second-order valence-corrected chi connectivity index (χ2v) is 11.0. The number of piperidine rings is 1. The normalized spacial score (nSPS) is 21.0. The van der Waals surface area contributed by atoms with Crippen LogP contribution >= 0.6 is 11.6 Å². The van der Waals surface area contributed by atoms with Gasteiger partial charge in [-0.05, 0) is 66.3 Å². The van der Waals surface area contributed by atoms with E-state index in [0.29, 0.717) is 36.6 Å². The van der Waals surface area contributed by atoms with Crippen molar-refractivity contribution in [2.75, 3.05) is 19.6 Å². The molecule has 2 aromatic rings. The molecule has 3 rings (SSSR count). The lowest BCUT2D eigenvalue weighted by Gasteiger charge is -2.40. The molecule has 34 heavy (non-hydrogen) atoms. The van der Waals surface area contributed by atoms with E-state index in [9.17, 15) is 18.0 Å². The molecule has 0 bridgehead atoms. The fourth-order valence-electron chi connectivity index (χ4n) is 4.21. The molecule has 2 unspecified atom stereocenters. The Labute approximate surface area is 206 Å². The van der Waals surface area contributed by atoms with Gasteiger partial charge in [0.25, 0.3) is 5.91 Å². The number of amides is 2. The quantitative estimate of drug-likeness (QED) is 0.540. The van der Waals surface area contributed by atoms with Crippen LogP contribution in [0.5, 0.6) is 0 Å². The maximum Gasteiger partial charge on any atom is 0.251 e. The standard InChI is InChI=1S/C25H30ClN3O4S/c1-4-23(30)28-24-17(2)15-29(16-18(24)3)34(32,33)22-11-7-20(8-12-22)25(31)27-14-13-19-5-9-21(26)10-6-19/h4-12,17-18,24H,1,13-16H2,2-3H3,(H,27,31)(H,28,30). The third-order valence-electron chi connectivity index (χ3n) is 6.07. The zero-order valence-corrected chi connectivity index (χ0v) is 20.9. The molecule has 0 aromatic heterocycles. The third-order valence-corrected chi connectivity index (χ3v) is 8.17. The van der Waals surface area contributed by atoms with Crippen molar-refractivity contribution < 1.29 is 18.0 Å². The number of carbonyl (C=O) groups is 2. The molecule has 1 aliphatic heterocycles. The van der Waals surface area contributed by atoms with Crippen LogP contribution in [0.1, 0.15) is 29.8 Å². The van der Waals surface area contributed by atoms with Crippen LogP contribution in [-0.4, -0.2) is 50.2 Å². The van der Waals surface area contributed by atoms with Crippen molar-refractivity contribution in [1.29, 1.82) is 0 Å². The average molecular weight is 504 g/mol. The van der Waals surface area contributed by atoms with E-state index in [1.54, 1.807) is 12.1 Å². The van der Waals surface area contributed by atoms with Crippen molar-refractivity contribution in [1.82, 2.24) is 14.9 Å². The van der Waals surface area contributed by atoms with Gasteiger partial charge in [-0.15, -0.1) is 0 Å². The van der Waals surface area contributed by atoms with Gasteiger partial charge in [0.05, 0.1) is 4.90 Å². The van der Waals surface area contributed by atoms with Gasteiger partial charge in [-0.1, -0.05) is 44.2 Å². The van der Waals surface area contributed by atoms with Crippen molar-refractivity contribution >= 4 is 33.4 Å². The summed E-state index contributed by atoms with van der Waals surface area (Å²) in [6.07, 6.45) is 1.88. The highest BCUT2D eigenvalue weighted by atomic mass is 35.5. The number of halogens is 1. The van der Waals surface area contributed by atoms with Crippen molar-refractivity contribution in [2.24, 2.45) is 11.8 Å². The lowest BCUT2D eigenvalue weighted by atomic mass is 9.87. The van der Waals surface area contributed by atoms with Gasteiger partial charge in [-0.25, -0.2) is 8.42 Å². The van der Waals surface area contributed by atoms with Crippen molar-refractivity contribution in [3.63, 3.8) is 0 Å². The van der Waals surface area contributed by atoms with E-state index in [-0.39, 0.29) is 34.6 Å². The molecule has 1 saturated heterocycles. The Kier molecular flexibility index (Phi) is 8.52. The van der Waals surface area contributed by atoms with E-state index in [2.05, 4.69) is 17.2 Å². The fourth-order valence-corrected chi connectivity index (χ4v) is 5.98. The summed E-state index contributed by atoms with van der Waals surface area (Å²) in [5.74, 6) is -0.651. The Balaban J connectivity index is 1.60. The summed E-state index contributed by atoms with van der Waals surface area (Å²) < 4.78 is 27.9. The predicted molar refractivity (Wildman–Crippen MR) is 133 cm³/mol. The van der Waals surface area contributed by atoms with Crippen LogP contribution in [0.3, 0.4) is 0 Å². The van der Waals surface area contributed by atoms with E-state index in [4.69, 9.17) is 11.6 Å². The summed E-state index contributed by atoms with van der Waals surface area (Å²) in [5, 5.41) is 6.41. The molecule has 0 spiro atoms. The Morgan fingerprint density at radius 2 is 1.65 bits per heavy atom. The molecule has 1 heterocycles. The van der Waals surface area contributed by atoms with Crippen LogP contribution in [0.25, 0.3) is 0 Å². The summed E-state index contributed by atoms with van der Waals surface area (Å²) in [6, 6.07) is 13.3. The highest BCUT2D eigenvalue weighted by Gasteiger charge is 2.38. The van der Waals surface area contributed by atoms with Gasteiger partial charge < -0.3 is 10.6 Å². The molecule has 2 atom stereocenters. The predicted octanol–water partition coefficient (Wildman–Crippen LogP) is 3.26. The van der Waals surface area contributed by atoms with Gasteiger partial charge >= 0.3 is 0 Å². The number of nitrogens with one attached hydrogen (secondary N) is 2. The maximum absolute atomic E-state index is 13.2. The fraction of sp³-hybridized carbons (Fsp3) is 0.360. The van der Waals surface area contributed by atoms with Crippen LogP contribution in [0.2, 0.25) is 5.02 Å². The van der Waals surface area contributed by atoms with Crippen LogP contribution in [0, 0.1) is 11.8 Å². The molecule has 182 valence electrons. The monoisotopic (exact) mass is 503 g/mol. The van der Waals surface area contributed by atoms with E-state index in [1.165, 1.54) is 34.6 Å². The van der Waals surface area contributed by atoms with E-state index in [1.807, 2.05) is 26.0 Å². The number of hydrogen-bond donors (Lipinski definition) is 2. The summed E-state index contributed by atoms with van der Waals surface area (Å²) in [4.78, 5) is 24.3. The molecular formula is C25H30ClN3O4S. The number of hydrogen-bond acceptors (Lipinski definition) is 4. The van der Waals surface area contributed by atoms with Gasteiger partial charge in [-0.2, -0.15) is 4.31 Å². The molecule has 2 amide bonds. The molecule has 9 heteroatoms. The Bertz CT molecular complexity index is 1120. The first kappa shape index (κ1) is 25.9. The molecule has 0 aliphatic carbocycles. The molecule has 1 fully saturated rings. The minimum absolute atomic E-state index is 0.0619. The van der Waals surface area contributed by atoms with Gasteiger partial charge in [0, 0.05) is 36.3 Å². The van der Waals surface area contributed by atoms with Crippen LogP contribution in [0.15, 0.2) is 66.1 Å². The topological polar surface area (TPSA) is 95.6 Å². The number of carbonyl (C=O) groups excluding carboxylic acids is 2. The van der Waals surface area contributed by atoms with Gasteiger partial charge in [0.1, 0.15) is 0 Å². The lowest BCUT2D eigenvalue weighted by Crippen LogP contribution is -2.55. The van der Waals surface area contributed by atoms with Crippen molar-refractivity contribution in [3.8, 4) is 0 Å². The molecule has 1 aliphatic rings. The molecule has 7 nitrogen and oxygen atoms in total. The van der Waals surface area contributed by atoms with E-state index < -0.39 is 10.0 Å². The second-order valence-electron chi connectivity index (χ2n) is 8.67. The maximum atomic E-state index is 13.2. The summed E-state index contributed by atoms with van der Waals surface area (Å²) >= 11 is 5.88. The average Bonchev–Trinajstić information content (AvgIpc) is 2.82. The lowest BCUT2D eigenvalue weighted by molar-refractivity contribution is -0.118. The Hall–Kier alpha value is -2.68.